The van der Waals surface area contributed by atoms with Crippen LogP contribution in [0.3, 0.4) is 0 Å². The van der Waals surface area contributed by atoms with Crippen LogP contribution in [0.1, 0.15) is 56.1 Å². The molecule has 0 radical (unpaired) electrons. The van der Waals surface area contributed by atoms with Crippen LogP contribution in [0, 0.1) is 29.3 Å². The topological polar surface area (TPSA) is 36.9 Å². The highest BCUT2D eigenvalue weighted by molar-refractivity contribution is 5.36. The average Bonchev–Trinajstić information content (AvgIpc) is 2.94. The lowest BCUT2D eigenvalue weighted by Crippen LogP contribution is -2.37. The van der Waals surface area contributed by atoms with Crippen molar-refractivity contribution in [1.82, 2.24) is 0 Å². The zero-order chi connectivity index (χ0) is 30.4. The molecule has 2 fully saturated rings. The van der Waals surface area contributed by atoms with E-state index in [9.17, 15) is 35.1 Å². The predicted octanol–water partition coefficient (Wildman–Crippen LogP) is 8.96. The van der Waals surface area contributed by atoms with Gasteiger partial charge in [0, 0.05) is 24.5 Å². The van der Waals surface area contributed by atoms with Gasteiger partial charge in [0.1, 0.15) is 11.6 Å². The van der Waals surface area contributed by atoms with Gasteiger partial charge in [0.15, 0.2) is 17.9 Å². The van der Waals surface area contributed by atoms with Gasteiger partial charge in [0.25, 0.3) is 0 Å². The molecule has 4 rings (SSSR count). The van der Waals surface area contributed by atoms with Gasteiger partial charge in [-0.05, 0) is 62.1 Å². The third-order valence-corrected chi connectivity index (χ3v) is 7.40. The van der Waals surface area contributed by atoms with Gasteiger partial charge in [0.2, 0.25) is 5.75 Å². The molecule has 1 saturated carbocycles. The first-order valence-electron chi connectivity index (χ1n) is 13.6. The Hall–Kier alpha value is -3.12. The van der Waals surface area contributed by atoms with Crippen molar-refractivity contribution in [3.63, 3.8) is 0 Å². The fraction of sp³-hybridized carbons (Fsp3) is 0.467. The number of benzene rings is 2. The van der Waals surface area contributed by atoms with E-state index in [1.807, 2.05) is 19.1 Å². The molecule has 0 amide bonds. The molecule has 1 heterocycles. The minimum atomic E-state index is -3.85. The molecule has 2 aliphatic rings. The van der Waals surface area contributed by atoms with E-state index in [4.69, 9.17) is 9.47 Å². The van der Waals surface area contributed by atoms with Crippen molar-refractivity contribution in [2.24, 2.45) is 11.8 Å². The van der Waals surface area contributed by atoms with Crippen molar-refractivity contribution in [2.75, 3.05) is 13.2 Å². The number of aryl methyl sites for hydroxylation is 1. The second kappa shape index (κ2) is 13.9. The average molecular weight is 607 g/mol. The number of allylic oxidation sites excluding steroid dienone is 1. The summed E-state index contributed by atoms with van der Waals surface area (Å²) in [6.07, 6.45) is -1.74. The van der Waals surface area contributed by atoms with Crippen molar-refractivity contribution < 1.29 is 54.1 Å². The maximum absolute atomic E-state index is 15.0. The zero-order valence-electron chi connectivity index (χ0n) is 22.7. The summed E-state index contributed by atoms with van der Waals surface area (Å²) in [6, 6.07) is 2.93. The molecule has 1 aliphatic heterocycles. The molecule has 1 saturated heterocycles. The first-order chi connectivity index (χ1) is 20.0. The zero-order valence-corrected chi connectivity index (χ0v) is 22.7. The molecule has 1 aliphatic carbocycles. The van der Waals surface area contributed by atoms with Gasteiger partial charge in [-0.1, -0.05) is 24.3 Å². The normalized spacial score (nSPS) is 23.2. The van der Waals surface area contributed by atoms with Gasteiger partial charge in [-0.2, -0.15) is 22.0 Å². The van der Waals surface area contributed by atoms with Crippen molar-refractivity contribution in [2.45, 2.75) is 63.8 Å². The third-order valence-electron chi connectivity index (χ3n) is 7.40. The quantitative estimate of drug-likeness (QED) is 0.154. The Bertz CT molecular complexity index is 1260. The van der Waals surface area contributed by atoms with Crippen LogP contribution in [-0.2, 0) is 15.9 Å². The molecule has 0 atom stereocenters. The minimum Gasteiger partial charge on any atom is -0.432 e. The largest absolute Gasteiger partial charge is 0.432 e. The first-order valence-corrected chi connectivity index (χ1v) is 13.6. The third kappa shape index (κ3) is 8.03. The van der Waals surface area contributed by atoms with Crippen LogP contribution in [0.4, 0.5) is 35.1 Å². The van der Waals surface area contributed by atoms with Gasteiger partial charge < -0.3 is 18.9 Å². The summed E-state index contributed by atoms with van der Waals surface area (Å²) >= 11 is 0. The SMILES string of the molecule is CC=CC1COC(CCc2ccc(C3CCC(C(F)(F)Oc4cc(F)c(OC(F)=C(F)F)c(F)c4)CC3)c(F)c2)OC1. The van der Waals surface area contributed by atoms with E-state index in [1.54, 1.807) is 12.1 Å². The van der Waals surface area contributed by atoms with E-state index >= 15 is 0 Å². The Labute approximate surface area is 237 Å². The molecule has 0 bridgehead atoms. The van der Waals surface area contributed by atoms with E-state index in [1.165, 1.54) is 6.07 Å². The fourth-order valence-corrected chi connectivity index (χ4v) is 5.25. The van der Waals surface area contributed by atoms with Crippen molar-refractivity contribution in [3.05, 3.63) is 83.2 Å². The van der Waals surface area contributed by atoms with Crippen LogP contribution < -0.4 is 9.47 Å². The number of hydrogen-bond acceptors (Lipinski definition) is 4. The summed E-state index contributed by atoms with van der Waals surface area (Å²) in [5.74, 6) is -7.73. The van der Waals surface area contributed by atoms with Crippen molar-refractivity contribution in [3.8, 4) is 11.5 Å². The monoisotopic (exact) mass is 606 g/mol. The van der Waals surface area contributed by atoms with Gasteiger partial charge in [-0.25, -0.2) is 13.2 Å². The Kier molecular flexibility index (Phi) is 10.5. The summed E-state index contributed by atoms with van der Waals surface area (Å²) in [4.78, 5) is 0. The summed E-state index contributed by atoms with van der Waals surface area (Å²) in [6.45, 7) is 3.06. The minimum absolute atomic E-state index is 0.0542. The molecular formula is C30H30F8O4. The second-order valence-corrected chi connectivity index (χ2v) is 10.3. The standard InChI is InChI=1S/C30H30F8O4/c1-2-3-18-15-39-26(40-16-18)11-5-17-4-10-22(23(31)12-17)19-6-8-20(9-7-19)30(37,38)42-21-13-24(32)27(25(33)14-21)41-29(36)28(34)35/h2-4,10,12-14,18-20,26H,5-9,11,15-16H2,1H3. The summed E-state index contributed by atoms with van der Waals surface area (Å²) < 4.78 is 130. The van der Waals surface area contributed by atoms with Crippen LogP contribution in [0.25, 0.3) is 0 Å². The Balaban J connectivity index is 1.30. The highest BCUT2D eigenvalue weighted by atomic mass is 19.3. The van der Waals surface area contributed by atoms with E-state index in [0.717, 1.165) is 5.56 Å². The second-order valence-electron chi connectivity index (χ2n) is 10.3. The number of hydrogen-bond donors (Lipinski definition) is 0. The highest BCUT2D eigenvalue weighted by Crippen LogP contribution is 2.44. The van der Waals surface area contributed by atoms with Gasteiger partial charge in [0.05, 0.1) is 19.1 Å². The molecule has 0 N–H and O–H groups in total. The Morgan fingerprint density at radius 1 is 0.929 bits per heavy atom. The van der Waals surface area contributed by atoms with Crippen molar-refractivity contribution in [1.29, 1.82) is 0 Å². The fourth-order valence-electron chi connectivity index (χ4n) is 5.25. The molecule has 42 heavy (non-hydrogen) atoms. The van der Waals surface area contributed by atoms with E-state index in [-0.39, 0.29) is 55.9 Å². The van der Waals surface area contributed by atoms with E-state index in [0.29, 0.717) is 31.6 Å². The number of rotatable bonds is 10. The number of halogens is 8. The first kappa shape index (κ1) is 31.8. The summed E-state index contributed by atoms with van der Waals surface area (Å²) in [5.41, 5.74) is 1.18. The molecule has 0 aromatic heterocycles. The van der Waals surface area contributed by atoms with Crippen LogP contribution in [0.5, 0.6) is 11.5 Å². The molecule has 4 nitrogen and oxygen atoms in total. The molecule has 0 unspecified atom stereocenters. The molecule has 230 valence electrons. The number of alkyl halides is 2. The van der Waals surface area contributed by atoms with E-state index in [2.05, 4.69) is 9.47 Å². The molecule has 0 spiro atoms. The Morgan fingerprint density at radius 2 is 1.57 bits per heavy atom. The Morgan fingerprint density at radius 3 is 2.14 bits per heavy atom. The lowest BCUT2D eigenvalue weighted by Gasteiger charge is -2.33. The van der Waals surface area contributed by atoms with Crippen LogP contribution in [-0.4, -0.2) is 25.6 Å². The van der Waals surface area contributed by atoms with Crippen LogP contribution >= 0.6 is 0 Å². The van der Waals surface area contributed by atoms with Crippen molar-refractivity contribution >= 4 is 0 Å². The highest BCUT2D eigenvalue weighted by Gasteiger charge is 2.44. The molecular weight excluding hydrogens is 576 g/mol. The summed E-state index contributed by atoms with van der Waals surface area (Å²) in [5, 5.41) is 0. The molecule has 2 aromatic rings. The molecule has 2 aromatic carbocycles. The van der Waals surface area contributed by atoms with Gasteiger partial charge >= 0.3 is 18.2 Å². The lowest BCUT2D eigenvalue weighted by molar-refractivity contribution is -0.222. The lowest BCUT2D eigenvalue weighted by atomic mass is 9.78. The smallest absolute Gasteiger partial charge is 0.400 e. The number of ether oxygens (including phenoxy) is 4. The maximum Gasteiger partial charge on any atom is 0.400 e. The van der Waals surface area contributed by atoms with E-state index < -0.39 is 53.1 Å². The predicted molar refractivity (Wildman–Crippen MR) is 136 cm³/mol. The van der Waals surface area contributed by atoms with Gasteiger partial charge in [-0.15, -0.1) is 0 Å². The van der Waals surface area contributed by atoms with Gasteiger partial charge in [-0.3, -0.25) is 0 Å². The molecule has 12 heteroatoms. The van der Waals surface area contributed by atoms with Crippen LogP contribution in [0.15, 0.2) is 54.6 Å². The van der Waals surface area contributed by atoms with Crippen LogP contribution in [0.2, 0.25) is 0 Å². The summed E-state index contributed by atoms with van der Waals surface area (Å²) in [7, 11) is 0. The maximum atomic E-state index is 15.0.